The van der Waals surface area contributed by atoms with E-state index in [0.29, 0.717) is 19.4 Å². The molecule has 0 aromatic rings. The molecule has 1 rings (SSSR count). The van der Waals surface area contributed by atoms with Crippen molar-refractivity contribution in [3.8, 4) is 0 Å². The Morgan fingerprint density at radius 2 is 1.71 bits per heavy atom. The van der Waals surface area contributed by atoms with Crippen LogP contribution in [0.5, 0.6) is 0 Å². The molecule has 0 unspecified atom stereocenters. The molecule has 1 aliphatic rings. The van der Waals surface area contributed by atoms with Gasteiger partial charge in [-0.25, -0.2) is 0 Å². The van der Waals surface area contributed by atoms with Gasteiger partial charge >= 0.3 is 11.9 Å². The molecule has 1 aliphatic carbocycles. The third-order valence-electron chi connectivity index (χ3n) is 2.93. The van der Waals surface area contributed by atoms with Crippen molar-refractivity contribution < 1.29 is 19.8 Å². The number of carbonyl (C=O) groups is 2. The first kappa shape index (κ1) is 11.0. The maximum Gasteiger partial charge on any atom is 0.307 e. The average Bonchev–Trinajstić information content (AvgIpc) is 2.16. The molecule has 80 valence electrons. The number of carboxylic acids is 2. The van der Waals surface area contributed by atoms with Gasteiger partial charge in [0.1, 0.15) is 0 Å². The molecule has 0 spiro atoms. The van der Waals surface area contributed by atoms with Crippen LogP contribution in [-0.2, 0) is 9.59 Å². The van der Waals surface area contributed by atoms with Crippen molar-refractivity contribution in [3.05, 3.63) is 0 Å². The molecule has 1 fully saturated rings. The highest BCUT2D eigenvalue weighted by molar-refractivity contribution is 5.80. The standard InChI is InChI=1S/C9H15NO4/c10-4-5-1-2-6(8(11)12)7(3-5)9(13)14/h5-7H,1-4,10H2,(H,11,12)(H,13,14)/t5-,6-,7+/m1/s1. The highest BCUT2D eigenvalue weighted by Crippen LogP contribution is 2.33. The van der Waals surface area contributed by atoms with Gasteiger partial charge in [0.05, 0.1) is 11.8 Å². The number of aliphatic carboxylic acids is 2. The Morgan fingerprint density at radius 3 is 2.14 bits per heavy atom. The summed E-state index contributed by atoms with van der Waals surface area (Å²) in [6.07, 6.45) is 1.54. The van der Waals surface area contributed by atoms with Gasteiger partial charge < -0.3 is 15.9 Å². The highest BCUT2D eigenvalue weighted by Gasteiger charge is 2.38. The van der Waals surface area contributed by atoms with Gasteiger partial charge in [-0.2, -0.15) is 0 Å². The predicted molar refractivity (Wildman–Crippen MR) is 48.6 cm³/mol. The lowest BCUT2D eigenvalue weighted by Gasteiger charge is -2.30. The van der Waals surface area contributed by atoms with Crippen molar-refractivity contribution in [2.24, 2.45) is 23.5 Å². The molecule has 4 N–H and O–H groups in total. The molecule has 1 saturated carbocycles. The van der Waals surface area contributed by atoms with Gasteiger partial charge in [-0.05, 0) is 31.7 Å². The maximum atomic E-state index is 10.8. The van der Waals surface area contributed by atoms with Crippen molar-refractivity contribution in [1.29, 1.82) is 0 Å². The van der Waals surface area contributed by atoms with Crippen molar-refractivity contribution in [2.75, 3.05) is 6.54 Å². The molecule has 5 nitrogen and oxygen atoms in total. The first-order chi connectivity index (χ1) is 6.56. The third kappa shape index (κ3) is 2.23. The van der Waals surface area contributed by atoms with E-state index in [-0.39, 0.29) is 5.92 Å². The Hall–Kier alpha value is -1.10. The molecule has 0 amide bonds. The first-order valence-corrected chi connectivity index (χ1v) is 4.72. The SMILES string of the molecule is NC[C@@H]1CC[C@@H](C(=O)O)[C@@H](C(=O)O)C1. The minimum absolute atomic E-state index is 0.159. The lowest BCUT2D eigenvalue weighted by molar-refractivity contribution is -0.156. The minimum atomic E-state index is -1.02. The van der Waals surface area contributed by atoms with Crippen LogP contribution in [0.15, 0.2) is 0 Å². The van der Waals surface area contributed by atoms with Crippen LogP contribution in [0.4, 0.5) is 0 Å². The lowest BCUT2D eigenvalue weighted by atomic mass is 9.74. The molecule has 14 heavy (non-hydrogen) atoms. The van der Waals surface area contributed by atoms with E-state index < -0.39 is 23.8 Å². The quantitative estimate of drug-likeness (QED) is 0.603. The van der Waals surface area contributed by atoms with E-state index in [1.165, 1.54) is 0 Å². The molecule has 0 aromatic carbocycles. The van der Waals surface area contributed by atoms with E-state index in [0.717, 1.165) is 6.42 Å². The van der Waals surface area contributed by atoms with Gasteiger partial charge in [-0.3, -0.25) is 9.59 Å². The second-order valence-electron chi connectivity index (χ2n) is 3.80. The van der Waals surface area contributed by atoms with Gasteiger partial charge in [0, 0.05) is 0 Å². The summed E-state index contributed by atoms with van der Waals surface area (Å²) in [6, 6.07) is 0. The molecule has 0 saturated heterocycles. The molecular formula is C9H15NO4. The van der Waals surface area contributed by atoms with E-state index in [4.69, 9.17) is 15.9 Å². The molecule has 0 aromatic heterocycles. The lowest BCUT2D eigenvalue weighted by Crippen LogP contribution is -2.37. The topological polar surface area (TPSA) is 101 Å². The van der Waals surface area contributed by atoms with Crippen LogP contribution in [0.1, 0.15) is 19.3 Å². The molecular weight excluding hydrogens is 186 g/mol. The van der Waals surface area contributed by atoms with Crippen molar-refractivity contribution >= 4 is 11.9 Å². The smallest absolute Gasteiger partial charge is 0.307 e. The number of rotatable bonds is 3. The zero-order valence-electron chi connectivity index (χ0n) is 7.85. The van der Waals surface area contributed by atoms with Gasteiger partial charge in [-0.15, -0.1) is 0 Å². The number of nitrogens with two attached hydrogens (primary N) is 1. The molecule has 0 aliphatic heterocycles. The second kappa shape index (κ2) is 4.41. The Bertz CT molecular complexity index is 241. The summed E-state index contributed by atoms with van der Waals surface area (Å²) in [6.45, 7) is 0.441. The Kier molecular flexibility index (Phi) is 3.46. The van der Waals surface area contributed by atoms with Crippen LogP contribution in [0, 0.1) is 17.8 Å². The van der Waals surface area contributed by atoms with Crippen LogP contribution in [0.3, 0.4) is 0 Å². The van der Waals surface area contributed by atoms with Crippen LogP contribution in [0.2, 0.25) is 0 Å². The molecule has 0 bridgehead atoms. The van der Waals surface area contributed by atoms with E-state index in [1.807, 2.05) is 0 Å². The average molecular weight is 201 g/mol. The molecule has 0 heterocycles. The summed E-state index contributed by atoms with van der Waals surface area (Å²) in [4.78, 5) is 21.6. The zero-order valence-corrected chi connectivity index (χ0v) is 7.85. The molecule has 5 heteroatoms. The zero-order chi connectivity index (χ0) is 10.7. The van der Waals surface area contributed by atoms with Crippen LogP contribution in [-0.4, -0.2) is 28.7 Å². The maximum absolute atomic E-state index is 10.8. The third-order valence-corrected chi connectivity index (χ3v) is 2.93. The van der Waals surface area contributed by atoms with Gasteiger partial charge in [-0.1, -0.05) is 0 Å². The Balaban J connectivity index is 2.70. The normalized spacial score (nSPS) is 32.5. The number of hydrogen-bond donors (Lipinski definition) is 3. The fraction of sp³-hybridized carbons (Fsp3) is 0.778. The van der Waals surface area contributed by atoms with Crippen molar-refractivity contribution in [3.63, 3.8) is 0 Å². The highest BCUT2D eigenvalue weighted by atomic mass is 16.4. The number of hydrogen-bond acceptors (Lipinski definition) is 3. The van der Waals surface area contributed by atoms with Crippen LogP contribution < -0.4 is 5.73 Å². The Labute approximate surface area is 81.9 Å². The molecule has 0 radical (unpaired) electrons. The van der Waals surface area contributed by atoms with Crippen LogP contribution in [0.25, 0.3) is 0 Å². The second-order valence-corrected chi connectivity index (χ2v) is 3.80. The predicted octanol–water partition coefficient (Wildman–Crippen LogP) is 0.147. The van der Waals surface area contributed by atoms with Gasteiger partial charge in [0.25, 0.3) is 0 Å². The van der Waals surface area contributed by atoms with Crippen molar-refractivity contribution in [2.45, 2.75) is 19.3 Å². The van der Waals surface area contributed by atoms with E-state index in [2.05, 4.69) is 0 Å². The summed E-state index contributed by atoms with van der Waals surface area (Å²) >= 11 is 0. The largest absolute Gasteiger partial charge is 0.481 e. The fourth-order valence-corrected chi connectivity index (χ4v) is 2.04. The summed E-state index contributed by atoms with van der Waals surface area (Å²) < 4.78 is 0. The van der Waals surface area contributed by atoms with Gasteiger partial charge in [0.15, 0.2) is 0 Å². The summed E-state index contributed by atoms with van der Waals surface area (Å²) in [5.41, 5.74) is 5.45. The molecule has 3 atom stereocenters. The summed E-state index contributed by atoms with van der Waals surface area (Å²) in [5.74, 6) is -3.37. The van der Waals surface area contributed by atoms with Crippen molar-refractivity contribution in [1.82, 2.24) is 0 Å². The summed E-state index contributed by atoms with van der Waals surface area (Å²) in [5, 5.41) is 17.7. The fourth-order valence-electron chi connectivity index (χ4n) is 2.04. The number of carboxylic acid groups (broad SMARTS) is 2. The first-order valence-electron chi connectivity index (χ1n) is 4.72. The monoisotopic (exact) mass is 201 g/mol. The van der Waals surface area contributed by atoms with E-state index >= 15 is 0 Å². The van der Waals surface area contributed by atoms with E-state index in [9.17, 15) is 9.59 Å². The minimum Gasteiger partial charge on any atom is -0.481 e. The van der Waals surface area contributed by atoms with Gasteiger partial charge in [0.2, 0.25) is 0 Å². The summed E-state index contributed by atoms with van der Waals surface area (Å²) in [7, 11) is 0. The van der Waals surface area contributed by atoms with Crippen LogP contribution >= 0.6 is 0 Å². The van der Waals surface area contributed by atoms with E-state index in [1.54, 1.807) is 0 Å². The Morgan fingerprint density at radius 1 is 1.14 bits per heavy atom.